The van der Waals surface area contributed by atoms with Crippen LogP contribution in [-0.2, 0) is 7.05 Å². The molecule has 0 bridgehead atoms. The highest BCUT2D eigenvalue weighted by molar-refractivity contribution is 6.38. The van der Waals surface area contributed by atoms with Gasteiger partial charge in [0, 0.05) is 18.0 Å². The number of fused-ring (bicyclic) bond motifs is 1. The van der Waals surface area contributed by atoms with Gasteiger partial charge in [-0.2, -0.15) is 23.3 Å². The predicted octanol–water partition coefficient (Wildman–Crippen LogP) is 4.06. The normalized spacial score (nSPS) is 11.6. The van der Waals surface area contributed by atoms with Gasteiger partial charge in [-0.05, 0) is 24.3 Å². The van der Waals surface area contributed by atoms with Gasteiger partial charge in [-0.3, -0.25) is 9.89 Å². The van der Waals surface area contributed by atoms with Crippen molar-refractivity contribution in [3.05, 3.63) is 47.1 Å². The van der Waals surface area contributed by atoms with Gasteiger partial charge in [0.25, 0.3) is 5.91 Å². The van der Waals surface area contributed by atoms with Gasteiger partial charge in [-0.15, -0.1) is 5.10 Å². The molecule has 2 aromatic heterocycles. The number of benzene rings is 2. The smallest absolute Gasteiger partial charge is 0.405 e. The molecule has 2 aromatic carbocycles. The number of carbonyl (C=O) groups is 1. The van der Waals surface area contributed by atoms with Crippen LogP contribution in [0.4, 0.5) is 24.8 Å². The second kappa shape index (κ2) is 8.62. The zero-order valence-corrected chi connectivity index (χ0v) is 18.0. The van der Waals surface area contributed by atoms with Crippen molar-refractivity contribution >= 4 is 40.0 Å². The van der Waals surface area contributed by atoms with Crippen molar-refractivity contribution < 1.29 is 22.7 Å². The summed E-state index contributed by atoms with van der Waals surface area (Å²) < 4.78 is 43.9. The second-order valence-corrected chi connectivity index (χ2v) is 7.36. The summed E-state index contributed by atoms with van der Waals surface area (Å²) in [5.74, 6) is -0.124. The van der Waals surface area contributed by atoms with Crippen LogP contribution in [-0.4, -0.2) is 50.7 Å². The molecule has 33 heavy (non-hydrogen) atoms. The molecule has 1 amide bonds. The third-order valence-electron chi connectivity index (χ3n) is 4.72. The Morgan fingerprint density at radius 2 is 2.06 bits per heavy atom. The van der Waals surface area contributed by atoms with Crippen LogP contribution in [0.2, 0.25) is 5.02 Å². The van der Waals surface area contributed by atoms with E-state index in [-0.39, 0.29) is 11.3 Å². The molecule has 3 N–H and O–H groups in total. The Balaban J connectivity index is 1.59. The summed E-state index contributed by atoms with van der Waals surface area (Å²) in [5, 5.41) is 17.3. The zero-order valence-electron chi connectivity index (χ0n) is 17.3. The highest BCUT2D eigenvalue weighted by Gasteiger charge is 2.28. The number of nitrogens with one attached hydrogen (secondary N) is 3. The molecule has 0 aliphatic carbocycles. The van der Waals surface area contributed by atoms with Crippen LogP contribution in [0.15, 0.2) is 36.5 Å². The van der Waals surface area contributed by atoms with E-state index in [1.54, 1.807) is 19.3 Å². The van der Waals surface area contributed by atoms with Gasteiger partial charge in [0.15, 0.2) is 5.82 Å². The van der Waals surface area contributed by atoms with Crippen molar-refractivity contribution in [3.8, 4) is 17.1 Å². The number of nitrogens with zero attached hydrogens (tertiary/aromatic N) is 4. The molecule has 0 saturated heterocycles. The van der Waals surface area contributed by atoms with Crippen LogP contribution < -0.4 is 15.4 Å². The van der Waals surface area contributed by atoms with Crippen molar-refractivity contribution in [2.45, 2.75) is 6.18 Å². The number of aromatic amines is 1. The number of hydrogen-bond acceptors (Lipinski definition) is 6. The third-order valence-corrected chi connectivity index (χ3v) is 5.13. The van der Waals surface area contributed by atoms with Gasteiger partial charge in [0.05, 0.1) is 35.1 Å². The Hall–Kier alpha value is -3.80. The Bertz CT molecular complexity index is 1330. The molecule has 0 radical (unpaired) electrons. The van der Waals surface area contributed by atoms with E-state index in [0.717, 1.165) is 10.9 Å². The van der Waals surface area contributed by atoms with Gasteiger partial charge in [0.1, 0.15) is 12.3 Å². The molecule has 4 aromatic rings. The van der Waals surface area contributed by atoms with Crippen molar-refractivity contribution in [1.82, 2.24) is 30.3 Å². The number of methoxy groups -OCH3 is 1. The summed E-state index contributed by atoms with van der Waals surface area (Å²) in [7, 11) is 2.99. The molecule has 0 aliphatic rings. The van der Waals surface area contributed by atoms with E-state index in [9.17, 15) is 18.0 Å². The van der Waals surface area contributed by atoms with E-state index in [2.05, 4.69) is 25.6 Å². The van der Waals surface area contributed by atoms with E-state index in [0.29, 0.717) is 28.0 Å². The van der Waals surface area contributed by atoms with Crippen molar-refractivity contribution in [2.24, 2.45) is 7.05 Å². The molecule has 0 spiro atoms. The van der Waals surface area contributed by atoms with Gasteiger partial charge in [-0.1, -0.05) is 17.7 Å². The van der Waals surface area contributed by atoms with Crippen LogP contribution in [0.5, 0.6) is 5.75 Å². The van der Waals surface area contributed by atoms with Gasteiger partial charge in [-0.25, -0.2) is 4.68 Å². The first-order valence-corrected chi connectivity index (χ1v) is 9.87. The first kappa shape index (κ1) is 22.4. The van der Waals surface area contributed by atoms with Crippen molar-refractivity contribution in [1.29, 1.82) is 0 Å². The van der Waals surface area contributed by atoms with Crippen LogP contribution in [0.3, 0.4) is 0 Å². The summed E-state index contributed by atoms with van der Waals surface area (Å²) in [6.07, 6.45) is -2.90. The number of aromatic nitrogens is 5. The van der Waals surface area contributed by atoms with Crippen LogP contribution >= 0.6 is 11.6 Å². The molecule has 0 aliphatic heterocycles. The average Bonchev–Trinajstić information content (AvgIpc) is 3.40. The van der Waals surface area contributed by atoms with Crippen molar-refractivity contribution in [2.75, 3.05) is 19.0 Å². The van der Waals surface area contributed by atoms with E-state index in [1.165, 1.54) is 30.0 Å². The quantitative estimate of drug-likeness (QED) is 0.385. The van der Waals surface area contributed by atoms with Gasteiger partial charge < -0.3 is 15.4 Å². The molecular formula is C20H17ClF3N7O2. The summed E-state index contributed by atoms with van der Waals surface area (Å²) in [6, 6.07) is 7.95. The minimum atomic E-state index is -4.52. The molecule has 172 valence electrons. The molecule has 2 heterocycles. The first-order valence-electron chi connectivity index (χ1n) is 9.49. The molecule has 4 rings (SSSR count). The maximum Gasteiger partial charge on any atom is 0.405 e. The molecule has 13 heteroatoms. The highest BCUT2D eigenvalue weighted by Crippen LogP contribution is 2.32. The maximum absolute atomic E-state index is 12.4. The fourth-order valence-corrected chi connectivity index (χ4v) is 3.37. The number of halogens is 4. The summed E-state index contributed by atoms with van der Waals surface area (Å²) in [4.78, 5) is 16.6. The number of ether oxygens (including phenoxy) is 1. The number of H-pyrrole nitrogens is 1. The number of carbonyl (C=O) groups excluding carboxylic acids is 1. The van der Waals surface area contributed by atoms with Crippen molar-refractivity contribution in [3.63, 3.8) is 0 Å². The number of alkyl halides is 3. The fraction of sp³-hybridized carbons (Fsp3) is 0.200. The zero-order chi connectivity index (χ0) is 23.8. The lowest BCUT2D eigenvalue weighted by molar-refractivity contribution is -0.123. The highest BCUT2D eigenvalue weighted by atomic mass is 35.5. The van der Waals surface area contributed by atoms with Crippen LogP contribution in [0.1, 0.15) is 10.4 Å². The topological polar surface area (TPSA) is 110 Å². The minimum Gasteiger partial charge on any atom is -0.496 e. The summed E-state index contributed by atoms with van der Waals surface area (Å²) >= 11 is 6.44. The fourth-order valence-electron chi connectivity index (χ4n) is 3.11. The standard InChI is InChI=1S/C20H17ClF3N7O2/c1-31-19(27-14-6-5-13-12(16(14)21)8-26-29-13)28-17(30-31)10-3-4-11(15(7-10)33-2)18(32)25-9-20(22,23)24/h3-8H,9H2,1-2H3,(H,25,32)(H,26,29)(H,27,28,30). The lowest BCUT2D eigenvalue weighted by Crippen LogP contribution is -2.33. The molecule has 0 unspecified atom stereocenters. The van der Waals surface area contributed by atoms with E-state index < -0.39 is 18.6 Å². The van der Waals surface area contributed by atoms with Crippen LogP contribution in [0.25, 0.3) is 22.3 Å². The average molecular weight is 480 g/mol. The van der Waals surface area contributed by atoms with E-state index in [4.69, 9.17) is 16.3 Å². The molecule has 0 atom stereocenters. The number of anilines is 2. The minimum absolute atomic E-state index is 0.0417. The summed E-state index contributed by atoms with van der Waals surface area (Å²) in [5.41, 5.74) is 1.84. The Morgan fingerprint density at radius 3 is 2.79 bits per heavy atom. The Morgan fingerprint density at radius 1 is 1.27 bits per heavy atom. The third kappa shape index (κ3) is 4.70. The number of rotatable bonds is 6. The Kier molecular flexibility index (Phi) is 5.85. The van der Waals surface area contributed by atoms with E-state index in [1.807, 2.05) is 11.4 Å². The number of aryl methyl sites for hydroxylation is 1. The maximum atomic E-state index is 12.4. The largest absolute Gasteiger partial charge is 0.496 e. The molecule has 0 saturated carbocycles. The molecule has 9 nitrogen and oxygen atoms in total. The first-order chi connectivity index (χ1) is 15.7. The molecular weight excluding hydrogens is 463 g/mol. The SMILES string of the molecule is COc1cc(-c2nc(Nc3ccc4[nH]ncc4c3Cl)n(C)n2)ccc1C(=O)NCC(F)(F)F. The predicted molar refractivity (Wildman–Crippen MR) is 116 cm³/mol. The van der Waals surface area contributed by atoms with Gasteiger partial charge in [0.2, 0.25) is 5.95 Å². The lowest BCUT2D eigenvalue weighted by Gasteiger charge is -2.11. The Labute approximate surface area is 189 Å². The van der Waals surface area contributed by atoms with E-state index >= 15 is 0 Å². The lowest BCUT2D eigenvalue weighted by atomic mass is 10.1. The van der Waals surface area contributed by atoms with Crippen LogP contribution in [0, 0.1) is 0 Å². The van der Waals surface area contributed by atoms with Gasteiger partial charge >= 0.3 is 6.18 Å². The monoisotopic (exact) mass is 479 g/mol. The number of amides is 1. The number of hydrogen-bond donors (Lipinski definition) is 3. The molecule has 0 fully saturated rings. The summed E-state index contributed by atoms with van der Waals surface area (Å²) in [6.45, 7) is -1.44. The second-order valence-electron chi connectivity index (χ2n) is 6.98.